The Morgan fingerprint density at radius 3 is 2.64 bits per heavy atom. The number of nitrogens with one attached hydrogen (secondary N) is 1. The maximum atomic E-state index is 4.13. The zero-order valence-electron chi connectivity index (χ0n) is 9.54. The maximum Gasteiger partial charge on any atom is 0.0558 e. The average molecular weight is 192 g/mol. The Morgan fingerprint density at radius 2 is 2.14 bits per heavy atom. The largest absolute Gasteiger partial charge is 0.381 e. The molecule has 0 spiro atoms. The molecule has 0 fully saturated rings. The topological polar surface area (TPSA) is 24.9 Å². The number of rotatable bonds is 4. The minimum Gasteiger partial charge on any atom is -0.381 e. The molecule has 0 amide bonds. The van der Waals surface area contributed by atoms with E-state index in [0.29, 0.717) is 12.0 Å². The molecule has 1 aromatic rings. The summed E-state index contributed by atoms with van der Waals surface area (Å²) in [5.41, 5.74) is 2.42. The first-order valence-electron chi connectivity index (χ1n) is 5.32. The third-order valence-electron chi connectivity index (χ3n) is 2.62. The lowest BCUT2D eigenvalue weighted by Crippen LogP contribution is -2.25. The van der Waals surface area contributed by atoms with Crippen LogP contribution < -0.4 is 5.32 Å². The highest BCUT2D eigenvalue weighted by Crippen LogP contribution is 2.17. The van der Waals surface area contributed by atoms with E-state index in [1.54, 1.807) is 0 Å². The summed E-state index contributed by atoms with van der Waals surface area (Å²) < 4.78 is 0. The average Bonchev–Trinajstić information content (AvgIpc) is 2.16. The fourth-order valence-electron chi connectivity index (χ4n) is 1.55. The van der Waals surface area contributed by atoms with Crippen LogP contribution in [0.3, 0.4) is 0 Å². The Hall–Kier alpha value is -1.05. The lowest BCUT2D eigenvalue weighted by atomic mass is 10.0. The molecular formula is C12H20N2. The van der Waals surface area contributed by atoms with Crippen molar-refractivity contribution < 1.29 is 0 Å². The SMILES string of the molecule is CCC(Nc1cnccc1C)C(C)C. The molecule has 14 heavy (non-hydrogen) atoms. The van der Waals surface area contributed by atoms with Crippen LogP contribution in [-0.2, 0) is 0 Å². The standard InChI is InChI=1S/C12H20N2/c1-5-11(9(2)3)14-12-8-13-7-6-10(12)4/h6-9,11,14H,5H2,1-4H3. The van der Waals surface area contributed by atoms with E-state index in [4.69, 9.17) is 0 Å². The molecule has 1 atom stereocenters. The highest BCUT2D eigenvalue weighted by Gasteiger charge is 2.11. The van der Waals surface area contributed by atoms with Gasteiger partial charge in [-0.15, -0.1) is 0 Å². The van der Waals surface area contributed by atoms with Crippen LogP contribution in [-0.4, -0.2) is 11.0 Å². The highest BCUT2D eigenvalue weighted by atomic mass is 14.9. The lowest BCUT2D eigenvalue weighted by Gasteiger charge is -2.22. The molecule has 78 valence electrons. The van der Waals surface area contributed by atoms with E-state index in [9.17, 15) is 0 Å². The third kappa shape index (κ3) is 2.72. The van der Waals surface area contributed by atoms with Crippen LogP contribution in [0.2, 0.25) is 0 Å². The first-order valence-corrected chi connectivity index (χ1v) is 5.32. The van der Waals surface area contributed by atoms with Gasteiger partial charge in [-0.25, -0.2) is 0 Å². The van der Waals surface area contributed by atoms with Crippen molar-refractivity contribution in [3.63, 3.8) is 0 Å². The molecule has 1 aromatic heterocycles. The van der Waals surface area contributed by atoms with Crippen LogP contribution in [0.5, 0.6) is 0 Å². The van der Waals surface area contributed by atoms with Gasteiger partial charge in [0, 0.05) is 12.2 Å². The second kappa shape index (κ2) is 4.99. The van der Waals surface area contributed by atoms with Gasteiger partial charge < -0.3 is 5.32 Å². The summed E-state index contributed by atoms with van der Waals surface area (Å²) in [5.74, 6) is 0.652. The van der Waals surface area contributed by atoms with E-state index in [2.05, 4.69) is 38.0 Å². The maximum absolute atomic E-state index is 4.13. The van der Waals surface area contributed by atoms with Crippen LogP contribution in [0.1, 0.15) is 32.8 Å². The van der Waals surface area contributed by atoms with Crippen molar-refractivity contribution in [1.82, 2.24) is 4.98 Å². The Kier molecular flexibility index (Phi) is 3.93. The van der Waals surface area contributed by atoms with Gasteiger partial charge in [-0.3, -0.25) is 4.98 Å². The zero-order valence-corrected chi connectivity index (χ0v) is 9.54. The molecule has 1 rings (SSSR count). The van der Waals surface area contributed by atoms with Crippen LogP contribution in [0.4, 0.5) is 5.69 Å². The molecule has 1 unspecified atom stereocenters. The van der Waals surface area contributed by atoms with E-state index in [1.165, 1.54) is 5.56 Å². The number of nitrogens with zero attached hydrogens (tertiary/aromatic N) is 1. The quantitative estimate of drug-likeness (QED) is 0.792. The molecule has 2 nitrogen and oxygen atoms in total. The summed E-state index contributed by atoms with van der Waals surface area (Å²) in [6, 6.07) is 2.58. The zero-order chi connectivity index (χ0) is 10.6. The van der Waals surface area contributed by atoms with Crippen molar-refractivity contribution >= 4 is 5.69 Å². The van der Waals surface area contributed by atoms with Gasteiger partial charge in [0.2, 0.25) is 0 Å². The molecular weight excluding hydrogens is 172 g/mol. The molecule has 0 aliphatic carbocycles. The van der Waals surface area contributed by atoms with E-state index >= 15 is 0 Å². The summed E-state index contributed by atoms with van der Waals surface area (Å²) >= 11 is 0. The Morgan fingerprint density at radius 1 is 1.43 bits per heavy atom. The molecule has 0 saturated heterocycles. The normalized spacial score (nSPS) is 12.9. The van der Waals surface area contributed by atoms with Crippen molar-refractivity contribution in [1.29, 1.82) is 0 Å². The summed E-state index contributed by atoms with van der Waals surface area (Å²) in [6.07, 6.45) is 4.88. The number of aromatic nitrogens is 1. The summed E-state index contributed by atoms with van der Waals surface area (Å²) in [5, 5.41) is 3.53. The molecule has 1 heterocycles. The van der Waals surface area contributed by atoms with E-state index in [0.717, 1.165) is 12.1 Å². The van der Waals surface area contributed by atoms with Gasteiger partial charge in [-0.05, 0) is 30.9 Å². The van der Waals surface area contributed by atoms with Gasteiger partial charge >= 0.3 is 0 Å². The summed E-state index contributed by atoms with van der Waals surface area (Å²) in [4.78, 5) is 4.13. The molecule has 1 N–H and O–H groups in total. The summed E-state index contributed by atoms with van der Waals surface area (Å²) in [6.45, 7) is 8.81. The smallest absolute Gasteiger partial charge is 0.0558 e. The van der Waals surface area contributed by atoms with E-state index in [1.807, 2.05) is 18.5 Å². The van der Waals surface area contributed by atoms with E-state index in [-0.39, 0.29) is 0 Å². The van der Waals surface area contributed by atoms with Crippen LogP contribution >= 0.6 is 0 Å². The first-order chi connectivity index (χ1) is 6.65. The van der Waals surface area contributed by atoms with Crippen LogP contribution in [0.15, 0.2) is 18.5 Å². The minimum absolute atomic E-state index is 0.540. The molecule has 0 radical (unpaired) electrons. The van der Waals surface area contributed by atoms with E-state index < -0.39 is 0 Å². The fourth-order valence-corrected chi connectivity index (χ4v) is 1.55. The Balaban J connectivity index is 2.72. The highest BCUT2D eigenvalue weighted by molar-refractivity contribution is 5.48. The van der Waals surface area contributed by atoms with Crippen molar-refractivity contribution in [2.24, 2.45) is 5.92 Å². The second-order valence-corrected chi connectivity index (χ2v) is 4.09. The van der Waals surface area contributed by atoms with Gasteiger partial charge in [0.1, 0.15) is 0 Å². The molecule has 0 aliphatic rings. The van der Waals surface area contributed by atoms with Crippen molar-refractivity contribution in [2.75, 3.05) is 5.32 Å². The summed E-state index contributed by atoms with van der Waals surface area (Å²) in [7, 11) is 0. The van der Waals surface area contributed by atoms with Gasteiger partial charge in [-0.2, -0.15) is 0 Å². The van der Waals surface area contributed by atoms with Crippen molar-refractivity contribution in [2.45, 2.75) is 40.2 Å². The Labute approximate surface area is 86.8 Å². The Bertz CT molecular complexity index is 281. The number of hydrogen-bond acceptors (Lipinski definition) is 2. The fraction of sp³-hybridized carbons (Fsp3) is 0.583. The van der Waals surface area contributed by atoms with Gasteiger partial charge in [-0.1, -0.05) is 20.8 Å². The second-order valence-electron chi connectivity index (χ2n) is 4.09. The number of pyridine rings is 1. The first kappa shape index (κ1) is 11.0. The number of aryl methyl sites for hydroxylation is 1. The number of hydrogen-bond donors (Lipinski definition) is 1. The van der Waals surface area contributed by atoms with Gasteiger partial charge in [0.25, 0.3) is 0 Å². The monoisotopic (exact) mass is 192 g/mol. The molecule has 0 bridgehead atoms. The third-order valence-corrected chi connectivity index (χ3v) is 2.62. The molecule has 0 aromatic carbocycles. The van der Waals surface area contributed by atoms with Gasteiger partial charge in [0.05, 0.1) is 11.9 Å². The minimum atomic E-state index is 0.540. The lowest BCUT2D eigenvalue weighted by molar-refractivity contribution is 0.511. The predicted octanol–water partition coefficient (Wildman–Crippen LogP) is 3.24. The molecule has 2 heteroatoms. The van der Waals surface area contributed by atoms with Crippen LogP contribution in [0.25, 0.3) is 0 Å². The molecule has 0 aliphatic heterocycles. The van der Waals surface area contributed by atoms with Crippen molar-refractivity contribution in [3.8, 4) is 0 Å². The van der Waals surface area contributed by atoms with Gasteiger partial charge in [0.15, 0.2) is 0 Å². The van der Waals surface area contributed by atoms with Crippen LogP contribution in [0, 0.1) is 12.8 Å². The molecule has 0 saturated carbocycles. The number of anilines is 1. The predicted molar refractivity (Wildman–Crippen MR) is 61.5 cm³/mol. The van der Waals surface area contributed by atoms with Crippen molar-refractivity contribution in [3.05, 3.63) is 24.0 Å².